The van der Waals surface area contributed by atoms with Gasteiger partial charge in [0, 0.05) is 6.42 Å². The van der Waals surface area contributed by atoms with Gasteiger partial charge in [0.2, 0.25) is 11.8 Å². The van der Waals surface area contributed by atoms with Crippen LogP contribution < -0.4 is 5.32 Å². The quantitative estimate of drug-likeness (QED) is 0.715. The summed E-state index contributed by atoms with van der Waals surface area (Å²) in [5.41, 5.74) is 0. The van der Waals surface area contributed by atoms with Crippen LogP contribution in [0.4, 0.5) is 0 Å². The minimum Gasteiger partial charge on any atom is -0.467 e. The van der Waals surface area contributed by atoms with Crippen LogP contribution in [-0.2, 0) is 21.1 Å². The van der Waals surface area contributed by atoms with Crippen molar-refractivity contribution in [3.05, 3.63) is 30.0 Å². The van der Waals surface area contributed by atoms with Crippen LogP contribution in [0, 0.1) is 5.92 Å². The van der Waals surface area contributed by atoms with E-state index < -0.39 is 9.84 Å². The number of thioether (sulfide) groups is 1. The summed E-state index contributed by atoms with van der Waals surface area (Å²) >= 11 is 1.15. The number of sulfone groups is 1. The number of furan rings is 1. The van der Waals surface area contributed by atoms with Crippen molar-refractivity contribution in [2.75, 3.05) is 17.3 Å². The molecule has 0 saturated carbocycles. The molecule has 0 aromatic carbocycles. The standard InChI is InChI=1S/C15H19N3O5S2/c1-10(12-3-2-5-22-12)16-13(19)8-24-15-18-17-14(23-15)7-11-4-6-25(20,21)9-11/h2-3,5,10-11H,4,6-9H2,1H3,(H,16,19)/t10-,11-/m1/s1. The van der Waals surface area contributed by atoms with E-state index in [1.54, 1.807) is 18.4 Å². The Morgan fingerprint density at radius 3 is 3.00 bits per heavy atom. The molecule has 1 aliphatic rings. The first-order valence-corrected chi connectivity index (χ1v) is 10.7. The normalized spacial score (nSPS) is 20.4. The molecular weight excluding hydrogens is 366 g/mol. The van der Waals surface area contributed by atoms with Crippen molar-refractivity contribution in [2.24, 2.45) is 5.92 Å². The Morgan fingerprint density at radius 1 is 1.48 bits per heavy atom. The van der Waals surface area contributed by atoms with E-state index in [2.05, 4.69) is 15.5 Å². The van der Waals surface area contributed by atoms with Crippen LogP contribution in [0.25, 0.3) is 0 Å². The van der Waals surface area contributed by atoms with Crippen molar-refractivity contribution in [1.82, 2.24) is 15.5 Å². The fourth-order valence-corrected chi connectivity index (χ4v) is 5.13. The van der Waals surface area contributed by atoms with E-state index in [-0.39, 0.29) is 35.1 Å². The third-order valence-electron chi connectivity index (χ3n) is 3.91. The van der Waals surface area contributed by atoms with Gasteiger partial charge in [0.1, 0.15) is 5.76 Å². The molecule has 3 heterocycles. The summed E-state index contributed by atoms with van der Waals surface area (Å²) in [6.07, 6.45) is 2.64. The highest BCUT2D eigenvalue weighted by Crippen LogP contribution is 2.24. The number of rotatable bonds is 7. The van der Waals surface area contributed by atoms with Gasteiger partial charge in [-0.15, -0.1) is 10.2 Å². The number of nitrogens with zero attached hydrogens (tertiary/aromatic N) is 2. The van der Waals surface area contributed by atoms with Gasteiger partial charge in [0.25, 0.3) is 5.22 Å². The lowest BCUT2D eigenvalue weighted by atomic mass is 10.1. The first-order chi connectivity index (χ1) is 11.9. The number of hydrogen-bond acceptors (Lipinski definition) is 8. The maximum atomic E-state index is 11.9. The van der Waals surface area contributed by atoms with Gasteiger partial charge in [0.05, 0.1) is 29.6 Å². The highest BCUT2D eigenvalue weighted by atomic mass is 32.2. The zero-order valence-corrected chi connectivity index (χ0v) is 15.3. The minimum atomic E-state index is -2.92. The molecule has 1 fully saturated rings. The summed E-state index contributed by atoms with van der Waals surface area (Å²) in [5, 5.41) is 10.9. The molecule has 1 N–H and O–H groups in total. The Balaban J connectivity index is 1.44. The molecule has 1 saturated heterocycles. The molecule has 0 bridgehead atoms. The Bertz CT molecular complexity index is 816. The second-order valence-corrected chi connectivity index (χ2v) is 9.18. The fourth-order valence-electron chi connectivity index (χ4n) is 2.68. The predicted molar refractivity (Wildman–Crippen MR) is 90.8 cm³/mol. The Kier molecular flexibility index (Phi) is 5.48. The van der Waals surface area contributed by atoms with Gasteiger partial charge in [-0.05, 0) is 31.4 Å². The summed E-state index contributed by atoms with van der Waals surface area (Å²) in [4.78, 5) is 11.9. The summed E-state index contributed by atoms with van der Waals surface area (Å²) in [5.74, 6) is 1.49. The minimum absolute atomic E-state index is 0.0285. The lowest BCUT2D eigenvalue weighted by Gasteiger charge is -2.10. The molecule has 0 spiro atoms. The van der Waals surface area contributed by atoms with E-state index in [0.29, 0.717) is 29.7 Å². The summed E-state index contributed by atoms with van der Waals surface area (Å²) in [6, 6.07) is 3.35. The SMILES string of the molecule is C[C@@H](NC(=O)CSc1nnc(C[C@H]2CCS(=O)(=O)C2)o1)c1ccco1. The molecule has 8 nitrogen and oxygen atoms in total. The highest BCUT2D eigenvalue weighted by Gasteiger charge is 2.29. The number of nitrogens with one attached hydrogen (secondary N) is 1. The van der Waals surface area contributed by atoms with Crippen LogP contribution in [0.3, 0.4) is 0 Å². The number of hydrogen-bond donors (Lipinski definition) is 1. The Hall–Kier alpha value is -1.81. The van der Waals surface area contributed by atoms with Crippen LogP contribution >= 0.6 is 11.8 Å². The molecule has 136 valence electrons. The maximum Gasteiger partial charge on any atom is 0.277 e. The average Bonchev–Trinajstić information content (AvgIpc) is 3.27. The molecule has 0 unspecified atom stereocenters. The maximum absolute atomic E-state index is 11.9. The topological polar surface area (TPSA) is 115 Å². The Labute approximate surface area is 149 Å². The van der Waals surface area contributed by atoms with Gasteiger partial charge < -0.3 is 14.2 Å². The first-order valence-electron chi connectivity index (χ1n) is 7.89. The summed E-state index contributed by atoms with van der Waals surface area (Å²) < 4.78 is 33.7. The molecular formula is C15H19N3O5S2. The molecule has 3 rings (SSSR count). The summed E-state index contributed by atoms with van der Waals surface area (Å²) in [6.45, 7) is 1.84. The zero-order valence-electron chi connectivity index (χ0n) is 13.7. The molecule has 25 heavy (non-hydrogen) atoms. The number of aromatic nitrogens is 2. The largest absolute Gasteiger partial charge is 0.467 e. The summed E-state index contributed by atoms with van der Waals surface area (Å²) in [7, 11) is -2.92. The Morgan fingerprint density at radius 2 is 2.32 bits per heavy atom. The van der Waals surface area contributed by atoms with Crippen LogP contribution in [0.2, 0.25) is 0 Å². The van der Waals surface area contributed by atoms with Gasteiger partial charge >= 0.3 is 0 Å². The third kappa shape index (κ3) is 5.08. The van der Waals surface area contributed by atoms with Crippen LogP contribution in [0.15, 0.2) is 32.5 Å². The van der Waals surface area contributed by atoms with Crippen molar-refractivity contribution in [2.45, 2.75) is 31.0 Å². The van der Waals surface area contributed by atoms with Crippen molar-refractivity contribution in [3.8, 4) is 0 Å². The lowest BCUT2D eigenvalue weighted by molar-refractivity contribution is -0.119. The first kappa shape index (κ1) is 18.0. The second kappa shape index (κ2) is 7.61. The van der Waals surface area contributed by atoms with Crippen LogP contribution in [0.1, 0.15) is 31.0 Å². The second-order valence-electron chi connectivity index (χ2n) is 6.03. The van der Waals surface area contributed by atoms with Crippen molar-refractivity contribution >= 4 is 27.5 Å². The van der Waals surface area contributed by atoms with Gasteiger partial charge in [-0.1, -0.05) is 11.8 Å². The molecule has 2 atom stereocenters. The van der Waals surface area contributed by atoms with Crippen molar-refractivity contribution < 1.29 is 22.0 Å². The number of carbonyl (C=O) groups excluding carboxylic acids is 1. The molecule has 2 aromatic rings. The fraction of sp³-hybridized carbons (Fsp3) is 0.533. The van der Waals surface area contributed by atoms with Gasteiger partial charge in [-0.2, -0.15) is 0 Å². The molecule has 1 amide bonds. The van der Waals surface area contributed by atoms with Gasteiger partial charge in [-0.3, -0.25) is 4.79 Å². The van der Waals surface area contributed by atoms with E-state index in [0.717, 1.165) is 11.8 Å². The number of carbonyl (C=O) groups is 1. The zero-order chi connectivity index (χ0) is 17.9. The van der Waals surface area contributed by atoms with E-state index >= 15 is 0 Å². The average molecular weight is 385 g/mol. The third-order valence-corrected chi connectivity index (χ3v) is 6.57. The molecule has 0 aliphatic carbocycles. The lowest BCUT2D eigenvalue weighted by Crippen LogP contribution is -2.27. The highest BCUT2D eigenvalue weighted by molar-refractivity contribution is 7.99. The van der Waals surface area contributed by atoms with Gasteiger partial charge in [-0.25, -0.2) is 8.42 Å². The smallest absolute Gasteiger partial charge is 0.277 e. The van der Waals surface area contributed by atoms with Crippen LogP contribution in [-0.4, -0.2) is 41.8 Å². The van der Waals surface area contributed by atoms with Crippen molar-refractivity contribution in [3.63, 3.8) is 0 Å². The van der Waals surface area contributed by atoms with E-state index in [1.807, 2.05) is 6.92 Å². The molecule has 0 radical (unpaired) electrons. The van der Waals surface area contributed by atoms with Crippen LogP contribution in [0.5, 0.6) is 0 Å². The molecule has 10 heteroatoms. The predicted octanol–water partition coefficient (Wildman–Crippen LogP) is 1.61. The van der Waals surface area contributed by atoms with E-state index in [9.17, 15) is 13.2 Å². The van der Waals surface area contributed by atoms with Gasteiger partial charge in [0.15, 0.2) is 9.84 Å². The van der Waals surface area contributed by atoms with E-state index in [1.165, 1.54) is 0 Å². The number of amides is 1. The van der Waals surface area contributed by atoms with Crippen molar-refractivity contribution in [1.29, 1.82) is 0 Å². The van der Waals surface area contributed by atoms with E-state index in [4.69, 9.17) is 8.83 Å². The molecule has 2 aromatic heterocycles. The monoisotopic (exact) mass is 385 g/mol. The molecule has 1 aliphatic heterocycles.